The molecule has 0 fully saturated rings. The Morgan fingerprint density at radius 3 is 2.53 bits per heavy atom. The van der Waals surface area contributed by atoms with Crippen molar-refractivity contribution in [2.75, 3.05) is 20.3 Å². The van der Waals surface area contributed by atoms with E-state index >= 15 is 0 Å². The molecule has 1 unspecified atom stereocenters. The number of hydrogen-bond acceptors (Lipinski definition) is 8. The summed E-state index contributed by atoms with van der Waals surface area (Å²) in [6.07, 6.45) is 3.04. The van der Waals surface area contributed by atoms with Crippen LogP contribution in [0.4, 0.5) is 4.79 Å². The summed E-state index contributed by atoms with van der Waals surface area (Å²) in [5.74, 6) is -0.674. The molecule has 2 N–H and O–H groups in total. The molecule has 0 spiro atoms. The smallest absolute Gasteiger partial charge is 0.340 e. The van der Waals surface area contributed by atoms with Crippen LogP contribution in [0.5, 0.6) is 5.75 Å². The summed E-state index contributed by atoms with van der Waals surface area (Å²) < 4.78 is 17.6. The number of benzene rings is 1. The highest BCUT2D eigenvalue weighted by molar-refractivity contribution is 5.96. The highest BCUT2D eigenvalue weighted by Gasteiger charge is 2.34. The zero-order valence-corrected chi connectivity index (χ0v) is 20.4. The van der Waals surface area contributed by atoms with Gasteiger partial charge < -0.3 is 24.8 Å². The third-order valence-corrected chi connectivity index (χ3v) is 5.60. The molecule has 3 heterocycles. The lowest BCUT2D eigenvalue weighted by Crippen LogP contribution is -2.47. The number of carbonyl (C=O) groups is 3. The molecule has 1 atom stereocenters. The molecule has 1 aromatic carbocycles. The van der Waals surface area contributed by atoms with Crippen molar-refractivity contribution in [2.45, 2.75) is 32.9 Å². The van der Waals surface area contributed by atoms with Crippen LogP contribution in [0.25, 0.3) is 11.0 Å². The summed E-state index contributed by atoms with van der Waals surface area (Å²) in [6.45, 7) is 5.43. The molecule has 1 aliphatic rings. The fourth-order valence-electron chi connectivity index (χ4n) is 3.88. The lowest BCUT2D eigenvalue weighted by molar-refractivity contribution is -0.139. The molecule has 0 saturated carbocycles. The first-order valence-corrected chi connectivity index (χ1v) is 11.4. The lowest BCUT2D eigenvalue weighted by atomic mass is 9.95. The molecule has 2 amide bonds. The zero-order chi connectivity index (χ0) is 25.8. The normalized spacial score (nSPS) is 15.5. The first-order chi connectivity index (χ1) is 17.3. The van der Waals surface area contributed by atoms with E-state index in [4.69, 9.17) is 14.2 Å². The van der Waals surface area contributed by atoms with E-state index in [9.17, 15) is 14.4 Å². The molecule has 3 aromatic rings. The van der Waals surface area contributed by atoms with Gasteiger partial charge in [-0.3, -0.25) is 0 Å². The molecular formula is C25H27N5O6. The number of ether oxygens (including phenoxy) is 3. The summed E-state index contributed by atoms with van der Waals surface area (Å²) in [5, 5.41) is 10.3. The summed E-state index contributed by atoms with van der Waals surface area (Å²) >= 11 is 0. The van der Waals surface area contributed by atoms with Gasteiger partial charge in [-0.15, -0.1) is 0 Å². The predicted molar refractivity (Wildman–Crippen MR) is 129 cm³/mol. The molecule has 188 valence electrons. The molecule has 11 heteroatoms. The van der Waals surface area contributed by atoms with Gasteiger partial charge in [0.25, 0.3) is 0 Å². The van der Waals surface area contributed by atoms with Gasteiger partial charge in [0.05, 0.1) is 42.8 Å². The minimum absolute atomic E-state index is 0.114. The van der Waals surface area contributed by atoms with Crippen molar-refractivity contribution in [1.82, 2.24) is 25.4 Å². The van der Waals surface area contributed by atoms with Crippen LogP contribution in [0, 0.1) is 0 Å². The predicted octanol–water partition coefficient (Wildman–Crippen LogP) is 3.05. The number of urea groups is 1. The third-order valence-electron chi connectivity index (χ3n) is 5.60. The van der Waals surface area contributed by atoms with Gasteiger partial charge >= 0.3 is 18.0 Å². The number of carbonyl (C=O) groups excluding carboxylic acids is 3. The van der Waals surface area contributed by atoms with Crippen molar-refractivity contribution < 1.29 is 28.6 Å². The summed E-state index contributed by atoms with van der Waals surface area (Å²) in [5.41, 5.74) is 1.78. The number of fused-ring (bicyclic) bond motifs is 1. The number of methoxy groups -OCH3 is 1. The van der Waals surface area contributed by atoms with Crippen LogP contribution in [0.1, 0.15) is 48.8 Å². The minimum atomic E-state index is -0.808. The van der Waals surface area contributed by atoms with Crippen LogP contribution in [0.2, 0.25) is 0 Å². The van der Waals surface area contributed by atoms with Crippen LogP contribution < -0.4 is 15.4 Å². The highest BCUT2D eigenvalue weighted by Crippen LogP contribution is 2.29. The largest absolute Gasteiger partial charge is 0.497 e. The number of nitrogens with zero attached hydrogens (tertiary/aromatic N) is 3. The van der Waals surface area contributed by atoms with Gasteiger partial charge in [-0.25, -0.2) is 24.0 Å². The molecule has 0 aliphatic carbocycles. The van der Waals surface area contributed by atoms with Crippen molar-refractivity contribution >= 4 is 29.0 Å². The molecule has 1 aliphatic heterocycles. The second kappa shape index (κ2) is 10.5. The molecule has 11 nitrogen and oxygen atoms in total. The van der Waals surface area contributed by atoms with Crippen molar-refractivity contribution in [3.05, 3.63) is 65.1 Å². The average molecular weight is 494 g/mol. The van der Waals surface area contributed by atoms with Gasteiger partial charge in [0, 0.05) is 17.6 Å². The molecule has 2 aromatic heterocycles. The van der Waals surface area contributed by atoms with E-state index in [2.05, 4.69) is 20.7 Å². The number of rotatable bonds is 8. The van der Waals surface area contributed by atoms with E-state index in [-0.39, 0.29) is 36.1 Å². The Hall–Kier alpha value is -4.41. The minimum Gasteiger partial charge on any atom is -0.497 e. The molecule has 36 heavy (non-hydrogen) atoms. The maximum Gasteiger partial charge on any atom is 0.340 e. The van der Waals surface area contributed by atoms with Gasteiger partial charge in [0.1, 0.15) is 12.4 Å². The Morgan fingerprint density at radius 1 is 1.11 bits per heavy atom. The van der Waals surface area contributed by atoms with Crippen LogP contribution in [0.3, 0.4) is 0 Å². The van der Waals surface area contributed by atoms with E-state index in [1.807, 2.05) is 13.8 Å². The van der Waals surface area contributed by atoms with E-state index in [1.54, 1.807) is 55.2 Å². The molecule has 0 bridgehead atoms. The standard InChI is InChI=1S/C25H27N5O6/c1-5-35-24(32)20-19(28-25(33)29-21(20)15-6-8-18(34-4)9-7-15)13-36-23(31)17-10-16-12-27-30(14(2)3)22(16)26-11-17/h6-12,14,21H,5,13H2,1-4H3,(H2,28,29,33). The van der Waals surface area contributed by atoms with Gasteiger partial charge in [0.15, 0.2) is 5.65 Å². The fourth-order valence-corrected chi connectivity index (χ4v) is 3.88. The van der Waals surface area contributed by atoms with E-state index in [0.717, 1.165) is 0 Å². The third kappa shape index (κ3) is 4.99. The summed E-state index contributed by atoms with van der Waals surface area (Å²) in [4.78, 5) is 42.5. The molecule has 0 radical (unpaired) electrons. The number of esters is 2. The van der Waals surface area contributed by atoms with Crippen molar-refractivity contribution in [1.29, 1.82) is 0 Å². The Bertz CT molecular complexity index is 1330. The number of hydrogen-bond donors (Lipinski definition) is 2. The quantitative estimate of drug-likeness (QED) is 0.458. The summed E-state index contributed by atoms with van der Waals surface area (Å²) in [6, 6.07) is 7.30. The van der Waals surface area contributed by atoms with Gasteiger partial charge in [-0.05, 0) is 44.5 Å². The van der Waals surface area contributed by atoms with Crippen LogP contribution in [-0.2, 0) is 14.3 Å². The van der Waals surface area contributed by atoms with Crippen molar-refractivity contribution in [3.63, 3.8) is 0 Å². The maximum absolute atomic E-state index is 12.9. The first kappa shape index (κ1) is 24.7. The van der Waals surface area contributed by atoms with Crippen LogP contribution >= 0.6 is 0 Å². The van der Waals surface area contributed by atoms with Gasteiger partial charge in [-0.1, -0.05) is 12.1 Å². The highest BCUT2D eigenvalue weighted by atomic mass is 16.5. The second-order valence-corrected chi connectivity index (χ2v) is 8.31. The Balaban J connectivity index is 1.61. The SMILES string of the molecule is CCOC(=O)C1=C(COC(=O)c2cnc3c(cnn3C(C)C)c2)NC(=O)NC1c1ccc(OC)cc1. The average Bonchev–Trinajstić information content (AvgIpc) is 3.30. The Kier molecular flexibility index (Phi) is 7.18. The first-order valence-electron chi connectivity index (χ1n) is 11.4. The number of aromatic nitrogens is 3. The van der Waals surface area contributed by atoms with Crippen molar-refractivity contribution in [2.24, 2.45) is 0 Å². The topological polar surface area (TPSA) is 134 Å². The second-order valence-electron chi connectivity index (χ2n) is 8.31. The number of amides is 2. The summed E-state index contributed by atoms with van der Waals surface area (Å²) in [7, 11) is 1.54. The van der Waals surface area contributed by atoms with E-state index in [0.29, 0.717) is 22.3 Å². The zero-order valence-electron chi connectivity index (χ0n) is 20.4. The van der Waals surface area contributed by atoms with Crippen LogP contribution in [-0.4, -0.2) is 53.1 Å². The number of nitrogens with one attached hydrogen (secondary N) is 2. The van der Waals surface area contributed by atoms with E-state index in [1.165, 1.54) is 6.20 Å². The van der Waals surface area contributed by atoms with Crippen LogP contribution in [0.15, 0.2) is 54.0 Å². The number of pyridine rings is 1. The monoisotopic (exact) mass is 493 g/mol. The maximum atomic E-state index is 12.9. The van der Waals surface area contributed by atoms with Crippen molar-refractivity contribution in [3.8, 4) is 5.75 Å². The van der Waals surface area contributed by atoms with Gasteiger partial charge in [0.2, 0.25) is 0 Å². The lowest BCUT2D eigenvalue weighted by Gasteiger charge is -2.29. The fraction of sp³-hybridized carbons (Fsp3) is 0.320. The molecule has 4 rings (SSSR count). The van der Waals surface area contributed by atoms with Gasteiger partial charge in [-0.2, -0.15) is 5.10 Å². The van der Waals surface area contributed by atoms with E-state index < -0.39 is 24.0 Å². The Morgan fingerprint density at radius 2 is 1.86 bits per heavy atom. The Labute approximate surface area is 207 Å². The molecular weight excluding hydrogens is 466 g/mol. The molecule has 0 saturated heterocycles.